The zero-order valence-electron chi connectivity index (χ0n) is 13.7. The maximum absolute atomic E-state index is 9.38. The highest BCUT2D eigenvalue weighted by molar-refractivity contribution is 5.79. The lowest BCUT2D eigenvalue weighted by atomic mass is 9.99. The molecule has 0 saturated carbocycles. The van der Waals surface area contributed by atoms with E-state index in [9.17, 15) is 5.26 Å². The maximum atomic E-state index is 9.38. The number of anilines is 1. The van der Waals surface area contributed by atoms with E-state index < -0.39 is 0 Å². The first-order chi connectivity index (χ1) is 11.2. The monoisotopic (exact) mass is 308 g/mol. The lowest BCUT2D eigenvalue weighted by Gasteiger charge is -2.29. The van der Waals surface area contributed by atoms with Crippen molar-refractivity contribution in [3.8, 4) is 6.07 Å². The Hall–Kier alpha value is -2.67. The number of hydrogen-bond donors (Lipinski definition) is 2. The summed E-state index contributed by atoms with van der Waals surface area (Å²) >= 11 is 0. The van der Waals surface area contributed by atoms with Crippen LogP contribution in [0.4, 0.5) is 5.69 Å². The normalized spacial score (nSPS) is 15.9. The molecule has 2 rings (SSSR count). The van der Waals surface area contributed by atoms with E-state index in [1.165, 1.54) is 25.0 Å². The average Bonchev–Trinajstić information content (AvgIpc) is 2.59. The van der Waals surface area contributed by atoms with Gasteiger partial charge in [-0.25, -0.2) is 0 Å². The number of nitrogens with two attached hydrogens (primary N) is 1. The first-order valence-corrected chi connectivity index (χ1v) is 7.96. The van der Waals surface area contributed by atoms with Crippen LogP contribution in [0.15, 0.2) is 49.0 Å². The Morgan fingerprint density at radius 3 is 2.74 bits per heavy atom. The first-order valence-electron chi connectivity index (χ1n) is 7.96. The minimum Gasteiger partial charge on any atom is -0.399 e. The van der Waals surface area contributed by atoms with Crippen molar-refractivity contribution in [1.29, 1.82) is 5.26 Å². The molecule has 1 aliphatic heterocycles. The summed E-state index contributed by atoms with van der Waals surface area (Å²) in [6.07, 6.45) is 9.35. The van der Waals surface area contributed by atoms with Crippen LogP contribution in [0, 0.1) is 11.3 Å². The summed E-state index contributed by atoms with van der Waals surface area (Å²) in [5, 5.41) is 12.4. The van der Waals surface area contributed by atoms with Crippen molar-refractivity contribution in [2.45, 2.75) is 26.2 Å². The molecule has 4 heteroatoms. The van der Waals surface area contributed by atoms with Crippen molar-refractivity contribution in [1.82, 2.24) is 10.2 Å². The number of likely N-dealkylation sites (tertiary alicyclic amines) is 1. The Labute approximate surface area is 138 Å². The fraction of sp³-hybridized carbons (Fsp3) is 0.316. The largest absolute Gasteiger partial charge is 0.399 e. The molecule has 0 spiro atoms. The average molecular weight is 308 g/mol. The van der Waals surface area contributed by atoms with Gasteiger partial charge in [0.1, 0.15) is 0 Å². The van der Waals surface area contributed by atoms with Crippen molar-refractivity contribution >= 4 is 11.3 Å². The Bertz CT molecular complexity index is 658. The standard InChI is InChI=1S/C19H24N4/c1-3-22-14-17(11-15(2)23-9-5-4-6-10-23)19-12-18(21)8-7-16(19)13-20/h3,7-8,11-12,14,22H,1,4-6,9-10,21H2,2H3/b15-11+,17-14+. The van der Waals surface area contributed by atoms with E-state index in [-0.39, 0.29) is 0 Å². The second-order valence-electron chi connectivity index (χ2n) is 5.72. The van der Waals surface area contributed by atoms with E-state index in [0.29, 0.717) is 11.3 Å². The Morgan fingerprint density at radius 1 is 1.35 bits per heavy atom. The van der Waals surface area contributed by atoms with Crippen LogP contribution < -0.4 is 11.1 Å². The van der Waals surface area contributed by atoms with Crippen molar-refractivity contribution < 1.29 is 0 Å². The van der Waals surface area contributed by atoms with E-state index in [1.54, 1.807) is 18.3 Å². The van der Waals surface area contributed by atoms with Gasteiger partial charge in [-0.3, -0.25) is 0 Å². The van der Waals surface area contributed by atoms with Crippen LogP contribution in [0.3, 0.4) is 0 Å². The molecule has 3 N–H and O–H groups in total. The van der Waals surface area contributed by atoms with Gasteiger partial charge in [0.25, 0.3) is 0 Å². The predicted molar refractivity (Wildman–Crippen MR) is 96.1 cm³/mol. The van der Waals surface area contributed by atoms with Gasteiger partial charge < -0.3 is 16.0 Å². The smallest absolute Gasteiger partial charge is 0.0998 e. The molecule has 1 aromatic rings. The molecule has 1 aliphatic rings. The molecule has 0 amide bonds. The number of allylic oxidation sites excluding steroid dienone is 3. The van der Waals surface area contributed by atoms with Crippen LogP contribution in [0.25, 0.3) is 5.57 Å². The second-order valence-corrected chi connectivity index (χ2v) is 5.72. The number of benzene rings is 1. The van der Waals surface area contributed by atoms with E-state index >= 15 is 0 Å². The summed E-state index contributed by atoms with van der Waals surface area (Å²) in [6.45, 7) is 7.98. The van der Waals surface area contributed by atoms with Gasteiger partial charge in [-0.15, -0.1) is 0 Å². The van der Waals surface area contributed by atoms with Crippen LogP contribution in [-0.4, -0.2) is 18.0 Å². The second kappa shape index (κ2) is 8.09. The number of rotatable bonds is 5. The van der Waals surface area contributed by atoms with Gasteiger partial charge in [-0.05, 0) is 56.7 Å². The van der Waals surface area contributed by atoms with Crippen molar-refractivity contribution in [3.05, 3.63) is 60.1 Å². The van der Waals surface area contributed by atoms with Gasteiger partial charge in [0.2, 0.25) is 0 Å². The third-order valence-corrected chi connectivity index (χ3v) is 4.05. The number of hydrogen-bond acceptors (Lipinski definition) is 4. The van der Waals surface area contributed by atoms with Gasteiger partial charge in [0.15, 0.2) is 0 Å². The molecule has 1 aromatic carbocycles. The molecular weight excluding hydrogens is 284 g/mol. The van der Waals surface area contributed by atoms with Gasteiger partial charge in [0, 0.05) is 41.8 Å². The number of nitrogens with one attached hydrogen (secondary N) is 1. The maximum Gasteiger partial charge on any atom is 0.0998 e. The zero-order valence-corrected chi connectivity index (χ0v) is 13.7. The van der Waals surface area contributed by atoms with Gasteiger partial charge >= 0.3 is 0 Å². The van der Waals surface area contributed by atoms with Crippen LogP contribution in [-0.2, 0) is 0 Å². The molecule has 1 heterocycles. The van der Waals surface area contributed by atoms with Crippen LogP contribution in [0.1, 0.15) is 37.3 Å². The quantitative estimate of drug-likeness (QED) is 0.644. The molecule has 0 unspecified atom stereocenters. The molecule has 120 valence electrons. The fourth-order valence-corrected chi connectivity index (χ4v) is 2.81. The third-order valence-electron chi connectivity index (χ3n) is 4.05. The summed E-state index contributed by atoms with van der Waals surface area (Å²) in [5.74, 6) is 0. The third kappa shape index (κ3) is 4.40. The number of nitriles is 1. The minimum atomic E-state index is 0.610. The molecule has 1 saturated heterocycles. The fourth-order valence-electron chi connectivity index (χ4n) is 2.81. The van der Waals surface area contributed by atoms with E-state index in [4.69, 9.17) is 5.73 Å². The Kier molecular flexibility index (Phi) is 5.87. The molecular formula is C19H24N4. The molecule has 0 bridgehead atoms. The van der Waals surface area contributed by atoms with E-state index in [2.05, 4.69) is 35.9 Å². The Morgan fingerprint density at radius 2 is 2.09 bits per heavy atom. The van der Waals surface area contributed by atoms with Crippen molar-refractivity contribution in [2.75, 3.05) is 18.8 Å². The molecule has 23 heavy (non-hydrogen) atoms. The van der Waals surface area contributed by atoms with E-state index in [1.807, 2.05) is 12.3 Å². The van der Waals surface area contributed by atoms with Gasteiger partial charge in [-0.1, -0.05) is 6.58 Å². The molecule has 0 aromatic heterocycles. The highest BCUT2D eigenvalue weighted by Gasteiger charge is 2.12. The number of nitrogens with zero attached hydrogens (tertiary/aromatic N) is 2. The highest BCUT2D eigenvalue weighted by atomic mass is 15.1. The van der Waals surface area contributed by atoms with Crippen LogP contribution in [0.5, 0.6) is 0 Å². The molecule has 0 aliphatic carbocycles. The summed E-state index contributed by atoms with van der Waals surface area (Å²) in [7, 11) is 0. The van der Waals surface area contributed by atoms with E-state index in [0.717, 1.165) is 24.2 Å². The zero-order chi connectivity index (χ0) is 16.7. The van der Waals surface area contributed by atoms with Crippen LogP contribution in [0.2, 0.25) is 0 Å². The number of nitrogen functional groups attached to an aromatic ring is 1. The highest BCUT2D eigenvalue weighted by Crippen LogP contribution is 2.25. The van der Waals surface area contributed by atoms with Crippen molar-refractivity contribution in [3.63, 3.8) is 0 Å². The summed E-state index contributed by atoms with van der Waals surface area (Å²) in [6, 6.07) is 7.59. The Balaban J connectivity index is 2.40. The van der Waals surface area contributed by atoms with Crippen LogP contribution >= 0.6 is 0 Å². The first kappa shape index (κ1) is 16.7. The predicted octanol–water partition coefficient (Wildman–Crippen LogP) is 3.60. The minimum absolute atomic E-state index is 0.610. The SMILES string of the molecule is C=CN/C=C(\C=C(/C)N1CCCCC1)c1cc(N)ccc1C#N. The van der Waals surface area contributed by atoms with Gasteiger partial charge in [-0.2, -0.15) is 5.26 Å². The molecule has 4 nitrogen and oxygen atoms in total. The molecule has 0 atom stereocenters. The lowest BCUT2D eigenvalue weighted by Crippen LogP contribution is -2.28. The topological polar surface area (TPSA) is 65.1 Å². The molecule has 1 fully saturated rings. The molecule has 0 radical (unpaired) electrons. The summed E-state index contributed by atoms with van der Waals surface area (Å²) in [5.41, 5.74) is 10.1. The number of piperidine rings is 1. The summed E-state index contributed by atoms with van der Waals surface area (Å²) in [4.78, 5) is 2.39. The lowest BCUT2D eigenvalue weighted by molar-refractivity contribution is 0.286. The summed E-state index contributed by atoms with van der Waals surface area (Å²) < 4.78 is 0. The van der Waals surface area contributed by atoms with Crippen molar-refractivity contribution in [2.24, 2.45) is 0 Å². The van der Waals surface area contributed by atoms with Gasteiger partial charge in [0.05, 0.1) is 11.6 Å².